The van der Waals surface area contributed by atoms with Crippen molar-refractivity contribution in [2.45, 2.75) is 17.7 Å². The highest BCUT2D eigenvalue weighted by Crippen LogP contribution is 2.29. The minimum absolute atomic E-state index is 0.164. The number of likely N-dealkylation sites (N-methyl/N-ethyl adjacent to an activating group) is 1. The molecule has 0 saturated carbocycles. The lowest BCUT2D eigenvalue weighted by atomic mass is 10.1. The molecule has 0 amide bonds. The predicted octanol–water partition coefficient (Wildman–Crippen LogP) is 2.37. The third-order valence-electron chi connectivity index (χ3n) is 5.40. The number of ether oxygens (including phenoxy) is 2. The van der Waals surface area contributed by atoms with E-state index in [1.54, 1.807) is 6.07 Å². The largest absolute Gasteiger partial charge is 0.493 e. The lowest BCUT2D eigenvalue weighted by Gasteiger charge is -2.34. The lowest BCUT2D eigenvalue weighted by Crippen LogP contribution is -2.44. The number of nitrogens with one attached hydrogen (secondary N) is 1. The molecule has 0 bridgehead atoms. The Labute approximate surface area is 179 Å². The number of hydrogen-bond acceptors (Lipinski definition) is 6. The molecule has 0 radical (unpaired) electrons. The fourth-order valence-corrected chi connectivity index (χ4v) is 4.59. The van der Waals surface area contributed by atoms with Crippen LogP contribution in [0.2, 0.25) is 0 Å². The molecule has 8 heteroatoms. The van der Waals surface area contributed by atoms with E-state index in [-0.39, 0.29) is 4.90 Å². The number of piperazine rings is 1. The van der Waals surface area contributed by atoms with Crippen LogP contribution in [-0.2, 0) is 16.4 Å². The fourth-order valence-electron chi connectivity index (χ4n) is 3.50. The van der Waals surface area contributed by atoms with Gasteiger partial charge >= 0.3 is 0 Å². The van der Waals surface area contributed by atoms with Gasteiger partial charge in [0.2, 0.25) is 10.0 Å². The second kappa shape index (κ2) is 10.1. The van der Waals surface area contributed by atoms with Crippen molar-refractivity contribution in [1.82, 2.24) is 9.62 Å². The lowest BCUT2D eigenvalue weighted by molar-refractivity contribution is 0.313. The Hall–Kier alpha value is -2.29. The first kappa shape index (κ1) is 22.4. The molecule has 30 heavy (non-hydrogen) atoms. The SMILES string of the molecule is COc1ccc(S(=O)(=O)NCCCc2ccc(N3CCN(C)CC3)cc2)cc1OC. The van der Waals surface area contributed by atoms with E-state index in [9.17, 15) is 8.42 Å². The second-order valence-corrected chi connectivity index (χ2v) is 9.24. The van der Waals surface area contributed by atoms with Gasteiger partial charge in [0.15, 0.2) is 11.5 Å². The molecule has 0 aliphatic carbocycles. The van der Waals surface area contributed by atoms with Gasteiger partial charge in [-0.2, -0.15) is 0 Å². The summed E-state index contributed by atoms with van der Waals surface area (Å²) in [5, 5.41) is 0. The van der Waals surface area contributed by atoms with Crippen LogP contribution in [0.1, 0.15) is 12.0 Å². The maximum Gasteiger partial charge on any atom is 0.240 e. The Balaban J connectivity index is 1.49. The summed E-state index contributed by atoms with van der Waals surface area (Å²) in [6.07, 6.45) is 1.54. The van der Waals surface area contributed by atoms with Crippen molar-refractivity contribution in [3.8, 4) is 11.5 Å². The molecule has 1 aliphatic heterocycles. The monoisotopic (exact) mass is 433 g/mol. The van der Waals surface area contributed by atoms with E-state index >= 15 is 0 Å². The minimum Gasteiger partial charge on any atom is -0.493 e. The summed E-state index contributed by atoms with van der Waals surface area (Å²) in [6.45, 7) is 4.64. The van der Waals surface area contributed by atoms with Crippen molar-refractivity contribution in [2.24, 2.45) is 0 Å². The smallest absolute Gasteiger partial charge is 0.240 e. The normalized spacial score (nSPS) is 15.2. The van der Waals surface area contributed by atoms with Gasteiger partial charge < -0.3 is 19.3 Å². The Morgan fingerprint density at radius 1 is 0.933 bits per heavy atom. The van der Waals surface area contributed by atoms with Gasteiger partial charge in [0, 0.05) is 44.5 Å². The van der Waals surface area contributed by atoms with Gasteiger partial charge in [0.1, 0.15) is 0 Å². The number of hydrogen-bond donors (Lipinski definition) is 1. The van der Waals surface area contributed by atoms with Crippen LogP contribution >= 0.6 is 0 Å². The summed E-state index contributed by atoms with van der Waals surface area (Å²) in [4.78, 5) is 4.91. The first-order chi connectivity index (χ1) is 14.4. The Bertz CT molecular complexity index is 924. The molecule has 3 rings (SSSR count). The first-order valence-corrected chi connectivity index (χ1v) is 11.7. The van der Waals surface area contributed by atoms with Gasteiger partial charge in [-0.1, -0.05) is 12.1 Å². The maximum absolute atomic E-state index is 12.5. The van der Waals surface area contributed by atoms with Crippen molar-refractivity contribution in [1.29, 1.82) is 0 Å². The van der Waals surface area contributed by atoms with Crippen LogP contribution in [0.15, 0.2) is 47.4 Å². The van der Waals surface area contributed by atoms with E-state index in [2.05, 4.69) is 45.8 Å². The molecule has 1 heterocycles. The number of benzene rings is 2. The number of rotatable bonds is 9. The Kier molecular flexibility index (Phi) is 7.58. The van der Waals surface area contributed by atoms with E-state index in [4.69, 9.17) is 9.47 Å². The molecule has 0 aromatic heterocycles. The van der Waals surface area contributed by atoms with Crippen LogP contribution in [0.25, 0.3) is 0 Å². The molecule has 164 valence electrons. The molecule has 1 N–H and O–H groups in total. The minimum atomic E-state index is -3.59. The third kappa shape index (κ3) is 5.65. The average Bonchev–Trinajstić information content (AvgIpc) is 2.77. The Morgan fingerprint density at radius 2 is 1.60 bits per heavy atom. The van der Waals surface area contributed by atoms with Crippen LogP contribution in [-0.4, -0.2) is 67.3 Å². The zero-order valence-electron chi connectivity index (χ0n) is 17.9. The van der Waals surface area contributed by atoms with Crippen molar-refractivity contribution < 1.29 is 17.9 Å². The van der Waals surface area contributed by atoms with Gasteiger partial charge in [-0.25, -0.2) is 13.1 Å². The van der Waals surface area contributed by atoms with Crippen LogP contribution < -0.4 is 19.1 Å². The first-order valence-electron chi connectivity index (χ1n) is 10.2. The van der Waals surface area contributed by atoms with Gasteiger partial charge in [-0.3, -0.25) is 0 Å². The van der Waals surface area contributed by atoms with Crippen molar-refractivity contribution in [2.75, 3.05) is 58.9 Å². The van der Waals surface area contributed by atoms with Crippen molar-refractivity contribution in [3.05, 3.63) is 48.0 Å². The zero-order valence-corrected chi connectivity index (χ0v) is 18.7. The predicted molar refractivity (Wildman–Crippen MR) is 119 cm³/mol. The van der Waals surface area contributed by atoms with E-state index in [1.807, 2.05) is 0 Å². The van der Waals surface area contributed by atoms with Crippen LogP contribution in [0, 0.1) is 0 Å². The molecular weight excluding hydrogens is 402 g/mol. The number of anilines is 1. The molecule has 1 saturated heterocycles. The second-order valence-electron chi connectivity index (χ2n) is 7.47. The highest BCUT2D eigenvalue weighted by atomic mass is 32.2. The summed E-state index contributed by atoms with van der Waals surface area (Å²) in [6, 6.07) is 13.2. The number of methoxy groups -OCH3 is 2. The van der Waals surface area contributed by atoms with Crippen LogP contribution in [0.5, 0.6) is 11.5 Å². The molecule has 2 aromatic rings. The Morgan fingerprint density at radius 3 is 2.23 bits per heavy atom. The number of sulfonamides is 1. The zero-order chi connectivity index (χ0) is 21.6. The van der Waals surface area contributed by atoms with Gasteiger partial charge in [-0.15, -0.1) is 0 Å². The summed E-state index contributed by atoms with van der Waals surface area (Å²) in [5.74, 6) is 0.886. The molecular formula is C22H31N3O4S. The van der Waals surface area contributed by atoms with Gasteiger partial charge in [0.25, 0.3) is 0 Å². The van der Waals surface area contributed by atoms with Gasteiger partial charge in [-0.05, 0) is 49.7 Å². The van der Waals surface area contributed by atoms with Crippen LogP contribution in [0.3, 0.4) is 0 Å². The summed E-state index contributed by atoms with van der Waals surface area (Å²) < 4.78 is 38.1. The average molecular weight is 434 g/mol. The molecule has 0 atom stereocenters. The quantitative estimate of drug-likeness (QED) is 0.612. The summed E-state index contributed by atoms with van der Waals surface area (Å²) >= 11 is 0. The van der Waals surface area contributed by atoms with E-state index in [0.29, 0.717) is 18.0 Å². The molecule has 0 spiro atoms. The number of nitrogens with zero attached hydrogens (tertiary/aromatic N) is 2. The molecule has 1 fully saturated rings. The van der Waals surface area contributed by atoms with Crippen molar-refractivity contribution >= 4 is 15.7 Å². The van der Waals surface area contributed by atoms with E-state index in [0.717, 1.165) is 39.0 Å². The topological polar surface area (TPSA) is 71.1 Å². The highest BCUT2D eigenvalue weighted by molar-refractivity contribution is 7.89. The molecule has 7 nitrogen and oxygen atoms in total. The molecule has 2 aromatic carbocycles. The summed E-state index contributed by atoms with van der Waals surface area (Å²) in [5.41, 5.74) is 2.46. The standard InChI is InChI=1S/C22H31N3O4S/c1-24-13-15-25(16-14-24)19-8-6-18(7-9-19)5-4-12-23-30(26,27)20-10-11-21(28-2)22(17-20)29-3/h6-11,17,23H,4-5,12-16H2,1-3H3. The fraction of sp³-hybridized carbons (Fsp3) is 0.455. The van der Waals surface area contributed by atoms with E-state index in [1.165, 1.54) is 37.6 Å². The highest BCUT2D eigenvalue weighted by Gasteiger charge is 2.17. The van der Waals surface area contributed by atoms with Crippen molar-refractivity contribution in [3.63, 3.8) is 0 Å². The van der Waals surface area contributed by atoms with Crippen LogP contribution in [0.4, 0.5) is 5.69 Å². The maximum atomic E-state index is 12.5. The number of aryl methyl sites for hydroxylation is 1. The molecule has 0 unspecified atom stereocenters. The van der Waals surface area contributed by atoms with E-state index < -0.39 is 10.0 Å². The van der Waals surface area contributed by atoms with Gasteiger partial charge in [0.05, 0.1) is 19.1 Å². The third-order valence-corrected chi connectivity index (χ3v) is 6.86. The molecule has 1 aliphatic rings. The summed E-state index contributed by atoms with van der Waals surface area (Å²) in [7, 11) is 1.56.